The number of rotatable bonds is 6. The van der Waals surface area contributed by atoms with Crippen molar-refractivity contribution >= 4 is 0 Å². The highest BCUT2D eigenvalue weighted by Gasteiger charge is 2.10. The number of hydrogen-bond acceptors (Lipinski definition) is 1. The Kier molecular flexibility index (Phi) is 5.41. The molecule has 84 valence electrons. The molecule has 1 heteroatoms. The van der Waals surface area contributed by atoms with E-state index in [2.05, 4.69) is 50.4 Å². The largest absolute Gasteiger partial charge is 0.310 e. The molecular formula is C14H23N. The molecule has 1 N–H and O–H groups in total. The van der Waals surface area contributed by atoms with E-state index in [-0.39, 0.29) is 0 Å². The number of benzene rings is 1. The zero-order chi connectivity index (χ0) is 11.1. The van der Waals surface area contributed by atoms with Crippen LogP contribution in [0.2, 0.25) is 0 Å². The minimum Gasteiger partial charge on any atom is -0.310 e. The molecular weight excluding hydrogens is 182 g/mol. The molecule has 0 aliphatic rings. The van der Waals surface area contributed by atoms with Gasteiger partial charge in [0.1, 0.15) is 0 Å². The minimum absolute atomic E-state index is 0.538. The van der Waals surface area contributed by atoms with E-state index >= 15 is 0 Å². The third kappa shape index (κ3) is 3.67. The molecule has 0 aliphatic heterocycles. The lowest BCUT2D eigenvalue weighted by atomic mass is 9.97. The highest BCUT2D eigenvalue weighted by atomic mass is 14.9. The summed E-state index contributed by atoms with van der Waals surface area (Å²) in [5.74, 6) is 0. The van der Waals surface area contributed by atoms with Gasteiger partial charge < -0.3 is 5.32 Å². The third-order valence-electron chi connectivity index (χ3n) is 2.86. The predicted octanol–water partition coefficient (Wildman–Crippen LogP) is 3.84. The van der Waals surface area contributed by atoms with Crippen molar-refractivity contribution in [3.8, 4) is 0 Å². The summed E-state index contributed by atoms with van der Waals surface area (Å²) in [5, 5.41) is 3.57. The maximum Gasteiger partial charge on any atom is 0.0322 e. The van der Waals surface area contributed by atoms with Gasteiger partial charge in [-0.05, 0) is 31.0 Å². The Balaban J connectivity index is 2.74. The van der Waals surface area contributed by atoms with Crippen molar-refractivity contribution in [2.75, 3.05) is 6.54 Å². The molecule has 1 atom stereocenters. The van der Waals surface area contributed by atoms with Crippen molar-refractivity contribution in [3.05, 3.63) is 35.4 Å². The Morgan fingerprint density at radius 2 is 1.93 bits per heavy atom. The Bertz CT molecular complexity index is 280. The van der Waals surface area contributed by atoms with E-state index in [4.69, 9.17) is 0 Å². The van der Waals surface area contributed by atoms with Gasteiger partial charge in [-0.3, -0.25) is 0 Å². The Morgan fingerprint density at radius 3 is 2.53 bits per heavy atom. The molecule has 0 radical (unpaired) electrons. The van der Waals surface area contributed by atoms with Crippen molar-refractivity contribution in [1.82, 2.24) is 5.32 Å². The van der Waals surface area contributed by atoms with Gasteiger partial charge in [0.15, 0.2) is 0 Å². The molecule has 0 heterocycles. The first kappa shape index (κ1) is 12.3. The summed E-state index contributed by atoms with van der Waals surface area (Å²) < 4.78 is 0. The molecule has 0 bridgehead atoms. The van der Waals surface area contributed by atoms with Crippen LogP contribution in [0.5, 0.6) is 0 Å². The van der Waals surface area contributed by atoms with E-state index in [0.717, 1.165) is 6.54 Å². The first-order valence-corrected chi connectivity index (χ1v) is 6.08. The molecule has 0 amide bonds. The van der Waals surface area contributed by atoms with Crippen LogP contribution >= 0.6 is 0 Å². The van der Waals surface area contributed by atoms with Crippen LogP contribution in [-0.2, 0) is 0 Å². The second kappa shape index (κ2) is 6.62. The van der Waals surface area contributed by atoms with Gasteiger partial charge in [-0.15, -0.1) is 0 Å². The first-order valence-electron chi connectivity index (χ1n) is 6.08. The zero-order valence-electron chi connectivity index (χ0n) is 10.2. The molecule has 1 aromatic rings. The van der Waals surface area contributed by atoms with E-state index < -0.39 is 0 Å². The van der Waals surface area contributed by atoms with E-state index in [1.54, 1.807) is 0 Å². The van der Waals surface area contributed by atoms with Gasteiger partial charge >= 0.3 is 0 Å². The van der Waals surface area contributed by atoms with E-state index in [1.807, 2.05) is 0 Å². The summed E-state index contributed by atoms with van der Waals surface area (Å²) in [6.07, 6.45) is 3.81. The fourth-order valence-electron chi connectivity index (χ4n) is 2.00. The molecule has 1 nitrogen and oxygen atoms in total. The average Bonchev–Trinajstić information content (AvgIpc) is 2.25. The SMILES string of the molecule is CCCCC(NCC)c1ccccc1C. The molecule has 0 saturated carbocycles. The second-order valence-electron chi connectivity index (χ2n) is 4.11. The van der Waals surface area contributed by atoms with Crippen LogP contribution in [-0.4, -0.2) is 6.54 Å². The fraction of sp³-hybridized carbons (Fsp3) is 0.571. The van der Waals surface area contributed by atoms with Crippen LogP contribution in [0.15, 0.2) is 24.3 Å². The quantitative estimate of drug-likeness (QED) is 0.744. The lowest BCUT2D eigenvalue weighted by Crippen LogP contribution is -2.21. The summed E-state index contributed by atoms with van der Waals surface area (Å²) in [6.45, 7) is 7.67. The Morgan fingerprint density at radius 1 is 1.20 bits per heavy atom. The lowest BCUT2D eigenvalue weighted by molar-refractivity contribution is 0.493. The average molecular weight is 205 g/mol. The first-order chi connectivity index (χ1) is 7.29. The molecule has 0 spiro atoms. The molecule has 0 aliphatic carbocycles. The van der Waals surface area contributed by atoms with Crippen LogP contribution in [0, 0.1) is 6.92 Å². The van der Waals surface area contributed by atoms with Crippen LogP contribution in [0.1, 0.15) is 50.3 Å². The second-order valence-corrected chi connectivity index (χ2v) is 4.11. The van der Waals surface area contributed by atoms with Gasteiger partial charge in [0.25, 0.3) is 0 Å². The number of nitrogens with one attached hydrogen (secondary N) is 1. The van der Waals surface area contributed by atoms with Gasteiger partial charge in [0, 0.05) is 6.04 Å². The summed E-state index contributed by atoms with van der Waals surface area (Å²) in [7, 11) is 0. The number of unbranched alkanes of at least 4 members (excludes halogenated alkanes) is 1. The van der Waals surface area contributed by atoms with E-state index in [0.29, 0.717) is 6.04 Å². The summed E-state index contributed by atoms with van der Waals surface area (Å²) in [5.41, 5.74) is 2.87. The lowest BCUT2D eigenvalue weighted by Gasteiger charge is -2.20. The van der Waals surface area contributed by atoms with Crippen molar-refractivity contribution in [2.45, 2.75) is 46.1 Å². The molecule has 0 aromatic heterocycles. The highest BCUT2D eigenvalue weighted by molar-refractivity contribution is 5.28. The highest BCUT2D eigenvalue weighted by Crippen LogP contribution is 2.22. The Hall–Kier alpha value is -0.820. The van der Waals surface area contributed by atoms with Gasteiger partial charge in [0.05, 0.1) is 0 Å². The van der Waals surface area contributed by atoms with Gasteiger partial charge in [0.2, 0.25) is 0 Å². The van der Waals surface area contributed by atoms with Crippen molar-refractivity contribution < 1.29 is 0 Å². The van der Waals surface area contributed by atoms with Crippen LogP contribution in [0.3, 0.4) is 0 Å². The topological polar surface area (TPSA) is 12.0 Å². The van der Waals surface area contributed by atoms with E-state index in [9.17, 15) is 0 Å². The molecule has 1 aromatic carbocycles. The maximum atomic E-state index is 3.57. The van der Waals surface area contributed by atoms with E-state index in [1.165, 1.54) is 30.4 Å². The molecule has 0 saturated heterocycles. The third-order valence-corrected chi connectivity index (χ3v) is 2.86. The van der Waals surface area contributed by atoms with Crippen LogP contribution in [0.25, 0.3) is 0 Å². The standard InChI is InChI=1S/C14H23N/c1-4-6-11-14(15-5-2)13-10-8-7-9-12(13)3/h7-10,14-15H,4-6,11H2,1-3H3. The number of hydrogen-bond donors (Lipinski definition) is 1. The molecule has 15 heavy (non-hydrogen) atoms. The Labute approximate surface area is 93.9 Å². The van der Waals surface area contributed by atoms with Crippen molar-refractivity contribution in [1.29, 1.82) is 0 Å². The molecule has 0 fully saturated rings. The maximum absolute atomic E-state index is 3.57. The predicted molar refractivity (Wildman–Crippen MR) is 67.1 cm³/mol. The summed E-state index contributed by atoms with van der Waals surface area (Å²) >= 11 is 0. The van der Waals surface area contributed by atoms with Gasteiger partial charge in [-0.25, -0.2) is 0 Å². The number of aryl methyl sites for hydroxylation is 1. The monoisotopic (exact) mass is 205 g/mol. The normalized spacial score (nSPS) is 12.7. The van der Waals surface area contributed by atoms with Crippen LogP contribution in [0.4, 0.5) is 0 Å². The fourth-order valence-corrected chi connectivity index (χ4v) is 2.00. The van der Waals surface area contributed by atoms with Crippen molar-refractivity contribution in [3.63, 3.8) is 0 Å². The van der Waals surface area contributed by atoms with Gasteiger partial charge in [-0.2, -0.15) is 0 Å². The summed E-state index contributed by atoms with van der Waals surface area (Å²) in [4.78, 5) is 0. The minimum atomic E-state index is 0.538. The van der Waals surface area contributed by atoms with Crippen molar-refractivity contribution in [2.24, 2.45) is 0 Å². The van der Waals surface area contributed by atoms with Gasteiger partial charge in [-0.1, -0.05) is 51.0 Å². The molecule has 1 rings (SSSR count). The van der Waals surface area contributed by atoms with Crippen LogP contribution < -0.4 is 5.32 Å². The zero-order valence-corrected chi connectivity index (χ0v) is 10.2. The molecule has 1 unspecified atom stereocenters. The summed E-state index contributed by atoms with van der Waals surface area (Å²) in [6, 6.07) is 9.24. The smallest absolute Gasteiger partial charge is 0.0322 e.